The molecule has 0 aliphatic carbocycles. The third kappa shape index (κ3) is 2.10. The first kappa shape index (κ1) is 11.2. The number of hydrogen-bond acceptors (Lipinski definition) is 1. The zero-order chi connectivity index (χ0) is 11.5. The molecule has 4 heteroatoms. The highest BCUT2D eigenvalue weighted by Gasteiger charge is 2.04. The molecule has 0 spiro atoms. The number of hydrogen-bond donors (Lipinski definition) is 1. The first-order valence-electron chi connectivity index (χ1n) is 4.87. The van der Waals surface area contributed by atoms with Gasteiger partial charge in [0.05, 0.1) is 5.69 Å². The molecule has 2 rings (SSSR count). The zero-order valence-electron chi connectivity index (χ0n) is 8.61. The Morgan fingerprint density at radius 2 is 2.06 bits per heavy atom. The van der Waals surface area contributed by atoms with Crippen LogP contribution in [0.25, 0.3) is 11.3 Å². The Labute approximate surface area is 104 Å². The average Bonchev–Trinajstić information content (AvgIpc) is 2.63. The summed E-state index contributed by atoms with van der Waals surface area (Å²) in [6.07, 6.45) is 3.72. The number of nitrogens with zero attached hydrogens (tertiary/aromatic N) is 1. The predicted molar refractivity (Wildman–Crippen MR) is 70.3 cm³/mol. The summed E-state index contributed by atoms with van der Waals surface area (Å²) in [6, 6.07) is 7.68. The fraction of sp³-hybridized carbons (Fsp3) is 0.0833. The number of benzene rings is 1. The zero-order valence-corrected chi connectivity index (χ0v) is 10.2. The molecule has 0 bridgehead atoms. The summed E-state index contributed by atoms with van der Waals surface area (Å²) in [5.74, 6) is 0. The highest BCUT2D eigenvalue weighted by molar-refractivity contribution is 7.71. The topological polar surface area (TPSA) is 20.7 Å². The van der Waals surface area contributed by atoms with Crippen LogP contribution >= 0.6 is 23.8 Å². The van der Waals surface area contributed by atoms with Gasteiger partial charge in [-0.05, 0) is 29.9 Å². The molecule has 0 radical (unpaired) electrons. The van der Waals surface area contributed by atoms with Gasteiger partial charge in [-0.1, -0.05) is 29.8 Å². The van der Waals surface area contributed by atoms with Gasteiger partial charge in [0.2, 0.25) is 0 Å². The molecule has 16 heavy (non-hydrogen) atoms. The summed E-state index contributed by atoms with van der Waals surface area (Å²) in [5.41, 5.74) is 2.13. The van der Waals surface area contributed by atoms with Gasteiger partial charge in [0, 0.05) is 17.8 Å². The van der Waals surface area contributed by atoms with E-state index in [1.807, 2.05) is 41.1 Å². The van der Waals surface area contributed by atoms with E-state index in [-0.39, 0.29) is 0 Å². The molecule has 2 aromatic rings. The Morgan fingerprint density at radius 3 is 2.69 bits per heavy atom. The van der Waals surface area contributed by atoms with Gasteiger partial charge in [-0.15, -0.1) is 6.58 Å². The number of rotatable bonds is 3. The van der Waals surface area contributed by atoms with Gasteiger partial charge < -0.3 is 9.55 Å². The molecule has 1 aromatic carbocycles. The van der Waals surface area contributed by atoms with Crippen molar-refractivity contribution in [2.45, 2.75) is 6.54 Å². The Balaban J connectivity index is 2.51. The third-order valence-corrected chi connectivity index (χ3v) is 2.91. The van der Waals surface area contributed by atoms with E-state index in [0.29, 0.717) is 11.3 Å². The molecular formula is C12H11ClN2S. The summed E-state index contributed by atoms with van der Waals surface area (Å²) in [5, 5.41) is 0.730. The lowest BCUT2D eigenvalue weighted by atomic mass is 10.2. The van der Waals surface area contributed by atoms with Crippen molar-refractivity contribution in [3.8, 4) is 11.3 Å². The van der Waals surface area contributed by atoms with Crippen molar-refractivity contribution in [2.75, 3.05) is 0 Å². The van der Waals surface area contributed by atoms with E-state index >= 15 is 0 Å². The molecule has 2 nitrogen and oxygen atoms in total. The molecule has 0 aliphatic rings. The van der Waals surface area contributed by atoms with Crippen molar-refractivity contribution in [2.24, 2.45) is 0 Å². The monoisotopic (exact) mass is 250 g/mol. The highest BCUT2D eigenvalue weighted by Crippen LogP contribution is 2.21. The highest BCUT2D eigenvalue weighted by atomic mass is 35.5. The quantitative estimate of drug-likeness (QED) is 0.644. The third-order valence-electron chi connectivity index (χ3n) is 2.32. The second kappa shape index (κ2) is 4.68. The molecule has 0 unspecified atom stereocenters. The number of aromatic nitrogens is 2. The molecule has 1 aromatic heterocycles. The molecule has 0 fully saturated rings. The van der Waals surface area contributed by atoms with Crippen LogP contribution in [-0.4, -0.2) is 9.55 Å². The Morgan fingerprint density at radius 1 is 1.38 bits per heavy atom. The molecule has 1 heterocycles. The molecule has 0 atom stereocenters. The second-order valence-corrected chi connectivity index (χ2v) is 4.21. The summed E-state index contributed by atoms with van der Waals surface area (Å²) in [4.78, 5) is 3.03. The van der Waals surface area contributed by atoms with E-state index in [9.17, 15) is 0 Å². The SMILES string of the molecule is C=CCn1c(-c2ccc(Cl)cc2)c[nH]c1=S. The predicted octanol–water partition coefficient (Wildman–Crippen LogP) is 4.05. The van der Waals surface area contributed by atoms with E-state index < -0.39 is 0 Å². The van der Waals surface area contributed by atoms with Crippen molar-refractivity contribution < 1.29 is 0 Å². The summed E-state index contributed by atoms with van der Waals surface area (Å²) in [7, 11) is 0. The Bertz CT molecular complexity index is 551. The maximum absolute atomic E-state index is 5.85. The maximum atomic E-state index is 5.85. The normalized spacial score (nSPS) is 10.3. The van der Waals surface area contributed by atoms with Crippen LogP contribution in [0.2, 0.25) is 5.02 Å². The number of allylic oxidation sites excluding steroid dienone is 1. The van der Waals surface area contributed by atoms with Crippen molar-refractivity contribution in [1.29, 1.82) is 0 Å². The van der Waals surface area contributed by atoms with Crippen molar-refractivity contribution >= 4 is 23.8 Å². The van der Waals surface area contributed by atoms with Gasteiger partial charge in [-0.25, -0.2) is 0 Å². The summed E-state index contributed by atoms with van der Waals surface area (Å²) >= 11 is 11.1. The number of nitrogens with one attached hydrogen (secondary N) is 1. The summed E-state index contributed by atoms with van der Waals surface area (Å²) in [6.45, 7) is 4.42. The van der Waals surface area contributed by atoms with E-state index in [4.69, 9.17) is 23.8 Å². The largest absolute Gasteiger partial charge is 0.337 e. The maximum Gasteiger partial charge on any atom is 0.177 e. The van der Waals surface area contributed by atoms with Crippen LogP contribution in [0.3, 0.4) is 0 Å². The number of H-pyrrole nitrogens is 1. The van der Waals surface area contributed by atoms with Crippen LogP contribution in [0.1, 0.15) is 0 Å². The van der Waals surface area contributed by atoms with E-state index in [2.05, 4.69) is 11.6 Å². The lowest BCUT2D eigenvalue weighted by Gasteiger charge is -2.05. The molecular weight excluding hydrogens is 240 g/mol. The average molecular weight is 251 g/mol. The standard InChI is InChI=1S/C12H11ClN2S/c1-2-7-15-11(8-14-12(15)16)9-3-5-10(13)6-4-9/h2-6,8H,1,7H2,(H,14,16). The van der Waals surface area contributed by atoms with Crippen LogP contribution < -0.4 is 0 Å². The van der Waals surface area contributed by atoms with Crippen LogP contribution in [0.4, 0.5) is 0 Å². The molecule has 0 saturated carbocycles. The fourth-order valence-corrected chi connectivity index (χ4v) is 1.92. The van der Waals surface area contributed by atoms with Crippen molar-refractivity contribution in [1.82, 2.24) is 9.55 Å². The van der Waals surface area contributed by atoms with Gasteiger partial charge in [0.1, 0.15) is 0 Å². The van der Waals surface area contributed by atoms with E-state index in [1.165, 1.54) is 0 Å². The van der Waals surface area contributed by atoms with E-state index in [0.717, 1.165) is 16.3 Å². The van der Waals surface area contributed by atoms with Crippen LogP contribution in [0, 0.1) is 4.77 Å². The van der Waals surface area contributed by atoms with Crippen molar-refractivity contribution in [3.63, 3.8) is 0 Å². The first-order valence-corrected chi connectivity index (χ1v) is 5.66. The van der Waals surface area contributed by atoms with E-state index in [1.54, 1.807) is 0 Å². The van der Waals surface area contributed by atoms with Gasteiger partial charge in [-0.3, -0.25) is 0 Å². The lowest BCUT2D eigenvalue weighted by Crippen LogP contribution is -1.97. The van der Waals surface area contributed by atoms with Gasteiger partial charge in [0.15, 0.2) is 4.77 Å². The Hall–Kier alpha value is -1.32. The van der Waals surface area contributed by atoms with Crippen LogP contribution in [0.5, 0.6) is 0 Å². The minimum Gasteiger partial charge on any atom is -0.337 e. The Kier molecular flexibility index (Phi) is 3.27. The first-order chi connectivity index (χ1) is 7.72. The van der Waals surface area contributed by atoms with Crippen LogP contribution in [-0.2, 0) is 6.54 Å². The molecule has 82 valence electrons. The second-order valence-electron chi connectivity index (χ2n) is 3.39. The molecule has 0 amide bonds. The number of aromatic amines is 1. The minimum atomic E-state index is 0.695. The van der Waals surface area contributed by atoms with Gasteiger partial charge >= 0.3 is 0 Å². The number of halogens is 1. The molecule has 1 N–H and O–H groups in total. The van der Waals surface area contributed by atoms with Gasteiger partial charge in [0.25, 0.3) is 0 Å². The lowest BCUT2D eigenvalue weighted by molar-refractivity contribution is 0.815. The number of imidazole rings is 1. The smallest absolute Gasteiger partial charge is 0.177 e. The molecule has 0 saturated heterocycles. The van der Waals surface area contributed by atoms with Gasteiger partial charge in [-0.2, -0.15) is 0 Å². The van der Waals surface area contributed by atoms with Crippen LogP contribution in [0.15, 0.2) is 43.1 Å². The fourth-order valence-electron chi connectivity index (χ4n) is 1.57. The summed E-state index contributed by atoms with van der Waals surface area (Å²) < 4.78 is 2.69. The van der Waals surface area contributed by atoms with Crippen molar-refractivity contribution in [3.05, 3.63) is 52.9 Å². The minimum absolute atomic E-state index is 0.695. The molecule has 0 aliphatic heterocycles.